The quantitative estimate of drug-likeness (QED) is 0.344. The van der Waals surface area contributed by atoms with Gasteiger partial charge in [0, 0.05) is 37.5 Å². The number of rotatable bonds is 7. The van der Waals surface area contributed by atoms with Crippen LogP contribution in [0.5, 0.6) is 0 Å². The first kappa shape index (κ1) is 31.0. The van der Waals surface area contributed by atoms with E-state index in [1.165, 1.54) is 0 Å². The first-order valence-electron chi connectivity index (χ1n) is 15.0. The summed E-state index contributed by atoms with van der Waals surface area (Å²) in [6.45, 7) is 11.4. The van der Waals surface area contributed by atoms with Crippen molar-refractivity contribution in [3.63, 3.8) is 0 Å². The Kier molecular flexibility index (Phi) is 8.86. The maximum absolute atomic E-state index is 14.4. The Hall–Kier alpha value is -3.43. The minimum atomic E-state index is -0.860. The molecular weight excluding hydrogens is 608 g/mol. The number of carbonyl (C=O) groups excluding carboxylic acids is 3. The second kappa shape index (κ2) is 12.3. The van der Waals surface area contributed by atoms with Crippen molar-refractivity contribution >= 4 is 50.3 Å². The molecule has 0 radical (unpaired) electrons. The van der Waals surface area contributed by atoms with Crippen LogP contribution in [0.2, 0.25) is 0 Å². The maximum atomic E-state index is 14.4. The third-order valence-electron chi connectivity index (χ3n) is 8.38. The molecular formula is C34H41BrN4O4. The van der Waals surface area contributed by atoms with Gasteiger partial charge in [-0.25, -0.2) is 4.79 Å². The standard InChI is InChI=1S/C34H41BrN4O4/c1-7-38(8-2)31(40)22-18-24-23-15-12-16-27-29(23)25(19-28(24)37(6)20-22)30(35)39(27)32(41)26(17-21-13-10-9-11-14-21)36-33(42)43-34(3,4)5/h9-16,18,22,26,28H,7-8,17,19-20H2,1-6H3,(H,36,42)/t22-,26+,28-/m1/s1. The van der Waals surface area contributed by atoms with Crippen molar-refractivity contribution < 1.29 is 19.1 Å². The van der Waals surface area contributed by atoms with Crippen LogP contribution in [0.4, 0.5) is 4.79 Å². The molecule has 5 rings (SSSR count). The number of amides is 2. The van der Waals surface area contributed by atoms with Crippen LogP contribution in [0.3, 0.4) is 0 Å². The van der Waals surface area contributed by atoms with Crippen molar-refractivity contribution in [2.24, 2.45) is 5.92 Å². The van der Waals surface area contributed by atoms with Crippen molar-refractivity contribution in [3.8, 4) is 0 Å². The van der Waals surface area contributed by atoms with Gasteiger partial charge < -0.3 is 15.0 Å². The molecule has 3 aromatic rings. The highest BCUT2D eigenvalue weighted by molar-refractivity contribution is 9.10. The SMILES string of the molecule is CCN(CC)C(=O)[C@@H]1C=C2c3cccc4c3c(c(Br)n4C(=O)[C@H](Cc3ccccc3)NC(=O)OC(C)(C)C)C[C@H]2N(C)C1. The summed E-state index contributed by atoms with van der Waals surface area (Å²) in [5, 5.41) is 3.86. The zero-order chi connectivity index (χ0) is 31.1. The van der Waals surface area contributed by atoms with Crippen molar-refractivity contribution in [3.05, 3.63) is 75.9 Å². The van der Waals surface area contributed by atoms with Crippen LogP contribution in [-0.4, -0.2) is 76.6 Å². The number of alkyl carbamates (subject to hydrolysis) is 1. The Balaban J connectivity index is 1.57. The summed E-state index contributed by atoms with van der Waals surface area (Å²) in [4.78, 5) is 44.8. The number of fused-ring (bicyclic) bond motifs is 2. The third kappa shape index (κ3) is 6.15. The van der Waals surface area contributed by atoms with E-state index >= 15 is 0 Å². The van der Waals surface area contributed by atoms with E-state index in [1.54, 1.807) is 25.3 Å². The van der Waals surface area contributed by atoms with Crippen LogP contribution in [0.25, 0.3) is 16.5 Å². The number of nitrogens with zero attached hydrogens (tertiary/aromatic N) is 3. The van der Waals surface area contributed by atoms with Gasteiger partial charge in [-0.3, -0.25) is 19.1 Å². The minimum Gasteiger partial charge on any atom is -0.444 e. The lowest BCUT2D eigenvalue weighted by Crippen LogP contribution is -2.47. The van der Waals surface area contributed by atoms with E-state index in [0.717, 1.165) is 33.2 Å². The number of hydrogen-bond donors (Lipinski definition) is 1. The van der Waals surface area contributed by atoms with Gasteiger partial charge in [0.2, 0.25) is 5.91 Å². The highest BCUT2D eigenvalue weighted by atomic mass is 79.9. The van der Waals surface area contributed by atoms with E-state index < -0.39 is 17.7 Å². The van der Waals surface area contributed by atoms with Crippen molar-refractivity contribution in [2.75, 3.05) is 26.7 Å². The molecule has 2 aliphatic rings. The molecule has 1 N–H and O–H groups in total. The molecule has 0 saturated carbocycles. The summed E-state index contributed by atoms with van der Waals surface area (Å²) in [7, 11) is 2.07. The highest BCUT2D eigenvalue weighted by Crippen LogP contribution is 2.45. The van der Waals surface area contributed by atoms with Gasteiger partial charge in [0.25, 0.3) is 5.91 Å². The molecule has 1 aromatic heterocycles. The van der Waals surface area contributed by atoms with Gasteiger partial charge in [-0.2, -0.15) is 0 Å². The number of aromatic nitrogens is 1. The van der Waals surface area contributed by atoms with Gasteiger partial charge in [-0.15, -0.1) is 0 Å². The predicted molar refractivity (Wildman–Crippen MR) is 173 cm³/mol. The van der Waals surface area contributed by atoms with Crippen LogP contribution in [0, 0.1) is 5.92 Å². The Morgan fingerprint density at radius 3 is 2.42 bits per heavy atom. The number of hydrogen-bond acceptors (Lipinski definition) is 5. The Morgan fingerprint density at radius 2 is 1.77 bits per heavy atom. The average molecular weight is 650 g/mol. The van der Waals surface area contributed by atoms with Crippen molar-refractivity contribution in [1.82, 2.24) is 19.7 Å². The fourth-order valence-corrected chi connectivity index (χ4v) is 7.11. The Morgan fingerprint density at radius 1 is 1.07 bits per heavy atom. The number of ether oxygens (including phenoxy) is 1. The lowest BCUT2D eigenvalue weighted by atomic mass is 9.79. The van der Waals surface area contributed by atoms with Gasteiger partial charge in [0.05, 0.1) is 16.0 Å². The fourth-order valence-electron chi connectivity index (χ4n) is 6.39. The zero-order valence-corrected chi connectivity index (χ0v) is 27.4. The molecule has 2 aromatic carbocycles. The number of likely N-dealkylation sites (N-methyl/N-ethyl adjacent to an activating group) is 1. The van der Waals surface area contributed by atoms with Crippen LogP contribution in [0.1, 0.15) is 56.1 Å². The molecule has 0 bridgehead atoms. The summed E-state index contributed by atoms with van der Waals surface area (Å²) < 4.78 is 7.92. The minimum absolute atomic E-state index is 0.0844. The molecule has 0 spiro atoms. The zero-order valence-electron chi connectivity index (χ0n) is 25.8. The van der Waals surface area contributed by atoms with Crippen LogP contribution in [0.15, 0.2) is 59.2 Å². The summed E-state index contributed by atoms with van der Waals surface area (Å²) in [6, 6.07) is 14.9. The molecule has 43 heavy (non-hydrogen) atoms. The van der Waals surface area contributed by atoms with Crippen LogP contribution >= 0.6 is 15.9 Å². The molecule has 3 atom stereocenters. The van der Waals surface area contributed by atoms with Crippen molar-refractivity contribution in [2.45, 2.75) is 65.1 Å². The van der Waals surface area contributed by atoms with E-state index in [1.807, 2.05) is 61.2 Å². The van der Waals surface area contributed by atoms with Crippen LogP contribution < -0.4 is 5.32 Å². The first-order chi connectivity index (χ1) is 20.4. The van der Waals surface area contributed by atoms with Gasteiger partial charge in [-0.05, 0) is 92.3 Å². The monoisotopic (exact) mass is 648 g/mol. The van der Waals surface area contributed by atoms with Crippen LogP contribution in [-0.2, 0) is 22.4 Å². The average Bonchev–Trinajstić information content (AvgIpc) is 3.24. The summed E-state index contributed by atoms with van der Waals surface area (Å²) in [5.74, 6) is -0.336. The van der Waals surface area contributed by atoms with E-state index in [2.05, 4.69) is 45.3 Å². The van der Waals surface area contributed by atoms with E-state index in [4.69, 9.17) is 4.74 Å². The fraction of sp³-hybridized carbons (Fsp3) is 0.441. The largest absolute Gasteiger partial charge is 0.444 e. The Labute approximate surface area is 262 Å². The number of nitrogens with one attached hydrogen (secondary N) is 1. The van der Waals surface area contributed by atoms with Gasteiger partial charge >= 0.3 is 6.09 Å². The summed E-state index contributed by atoms with van der Waals surface area (Å²) in [6.07, 6.45) is 2.52. The molecule has 9 heteroatoms. The topological polar surface area (TPSA) is 83.9 Å². The number of halogens is 1. The molecule has 8 nitrogen and oxygen atoms in total. The molecule has 1 aliphatic heterocycles. The lowest BCUT2D eigenvalue weighted by Gasteiger charge is -2.40. The number of carbonyl (C=O) groups is 3. The van der Waals surface area contributed by atoms with E-state index in [9.17, 15) is 14.4 Å². The van der Waals surface area contributed by atoms with Gasteiger partial charge in [0.1, 0.15) is 11.6 Å². The first-order valence-corrected chi connectivity index (χ1v) is 15.8. The molecule has 2 amide bonds. The molecule has 2 heterocycles. The highest BCUT2D eigenvalue weighted by Gasteiger charge is 2.39. The summed E-state index contributed by atoms with van der Waals surface area (Å²) >= 11 is 3.80. The molecule has 0 unspecified atom stereocenters. The third-order valence-corrected chi connectivity index (χ3v) is 9.21. The molecule has 0 fully saturated rings. The molecule has 1 aliphatic carbocycles. The normalized spacial score (nSPS) is 18.9. The summed E-state index contributed by atoms with van der Waals surface area (Å²) in [5.41, 5.74) is 4.22. The van der Waals surface area contributed by atoms with Gasteiger partial charge in [0.15, 0.2) is 0 Å². The second-order valence-corrected chi connectivity index (χ2v) is 13.2. The lowest BCUT2D eigenvalue weighted by molar-refractivity contribution is -0.134. The molecule has 228 valence electrons. The molecule has 0 saturated heterocycles. The van der Waals surface area contributed by atoms with Gasteiger partial charge in [-0.1, -0.05) is 48.5 Å². The van der Waals surface area contributed by atoms with E-state index in [-0.39, 0.29) is 23.8 Å². The maximum Gasteiger partial charge on any atom is 0.408 e. The Bertz CT molecular complexity index is 1570. The smallest absolute Gasteiger partial charge is 0.408 e. The van der Waals surface area contributed by atoms with E-state index in [0.29, 0.717) is 37.1 Å². The van der Waals surface area contributed by atoms with Crippen molar-refractivity contribution in [1.29, 1.82) is 0 Å². The number of benzene rings is 2. The predicted octanol–water partition coefficient (Wildman–Crippen LogP) is 5.92. The second-order valence-electron chi connectivity index (χ2n) is 12.4.